The molecule has 0 unspecified atom stereocenters. The van der Waals surface area contributed by atoms with Gasteiger partial charge in [0, 0.05) is 6.42 Å². The predicted molar refractivity (Wildman–Crippen MR) is 65.8 cm³/mol. The van der Waals surface area contributed by atoms with E-state index in [-0.39, 0.29) is 17.4 Å². The summed E-state index contributed by atoms with van der Waals surface area (Å²) in [6.07, 6.45) is 1.87. The molecule has 7 heteroatoms. The molecular formula is C13H8FN5O. The summed E-state index contributed by atoms with van der Waals surface area (Å²) in [5, 5.41) is 19.0. The van der Waals surface area contributed by atoms with E-state index >= 15 is 0 Å². The quantitative estimate of drug-likeness (QED) is 0.785. The first-order valence-corrected chi connectivity index (χ1v) is 5.77. The van der Waals surface area contributed by atoms with Crippen LogP contribution >= 0.6 is 0 Å². The fourth-order valence-electron chi connectivity index (χ4n) is 1.75. The molecule has 0 saturated heterocycles. The van der Waals surface area contributed by atoms with E-state index in [4.69, 9.17) is 9.78 Å². The van der Waals surface area contributed by atoms with Crippen molar-refractivity contribution < 1.29 is 8.91 Å². The minimum Gasteiger partial charge on any atom is -0.334 e. The molecule has 0 spiro atoms. The molecule has 3 aromatic rings. The van der Waals surface area contributed by atoms with Crippen molar-refractivity contribution in [2.24, 2.45) is 0 Å². The van der Waals surface area contributed by atoms with Crippen LogP contribution in [0.2, 0.25) is 0 Å². The maximum absolute atomic E-state index is 12.8. The van der Waals surface area contributed by atoms with Gasteiger partial charge in [-0.05, 0) is 17.7 Å². The molecular weight excluding hydrogens is 261 g/mol. The highest BCUT2D eigenvalue weighted by atomic mass is 19.1. The van der Waals surface area contributed by atoms with Gasteiger partial charge >= 0.3 is 0 Å². The van der Waals surface area contributed by atoms with Gasteiger partial charge in [-0.15, -0.1) is 0 Å². The zero-order valence-corrected chi connectivity index (χ0v) is 10.2. The molecule has 6 nitrogen and oxygen atoms in total. The Morgan fingerprint density at radius 1 is 1.30 bits per heavy atom. The number of hydrogen-bond acceptors (Lipinski definition) is 5. The average Bonchev–Trinajstić information content (AvgIpc) is 3.09. The van der Waals surface area contributed by atoms with Crippen molar-refractivity contribution in [3.8, 4) is 17.5 Å². The second-order valence-electron chi connectivity index (χ2n) is 4.09. The number of rotatable bonds is 3. The number of aromatic amines is 1. The maximum Gasteiger partial charge on any atom is 0.262 e. The second kappa shape index (κ2) is 4.93. The molecule has 0 fully saturated rings. The Labute approximate surface area is 112 Å². The van der Waals surface area contributed by atoms with Crippen molar-refractivity contribution in [2.45, 2.75) is 6.42 Å². The highest BCUT2D eigenvalue weighted by Gasteiger charge is 2.15. The molecule has 2 aromatic heterocycles. The van der Waals surface area contributed by atoms with Crippen molar-refractivity contribution in [1.82, 2.24) is 20.3 Å². The summed E-state index contributed by atoms with van der Waals surface area (Å²) < 4.78 is 17.9. The largest absolute Gasteiger partial charge is 0.334 e. The summed E-state index contributed by atoms with van der Waals surface area (Å²) in [6.45, 7) is 0. The third-order valence-electron chi connectivity index (χ3n) is 2.73. The van der Waals surface area contributed by atoms with Crippen molar-refractivity contribution in [3.63, 3.8) is 0 Å². The van der Waals surface area contributed by atoms with Crippen LogP contribution in [0.15, 0.2) is 35.0 Å². The van der Waals surface area contributed by atoms with Crippen molar-refractivity contribution in [2.75, 3.05) is 0 Å². The first-order valence-electron chi connectivity index (χ1n) is 5.77. The van der Waals surface area contributed by atoms with Crippen LogP contribution in [0.4, 0.5) is 4.39 Å². The van der Waals surface area contributed by atoms with Crippen LogP contribution in [0.25, 0.3) is 11.5 Å². The van der Waals surface area contributed by atoms with Crippen molar-refractivity contribution in [1.29, 1.82) is 5.26 Å². The Bertz CT molecular complexity index is 769. The lowest BCUT2D eigenvalue weighted by Gasteiger charge is -1.95. The third-order valence-corrected chi connectivity index (χ3v) is 2.73. The molecule has 3 rings (SSSR count). The number of nitrogens with zero attached hydrogens (tertiary/aromatic N) is 4. The van der Waals surface area contributed by atoms with Gasteiger partial charge in [-0.2, -0.15) is 15.3 Å². The van der Waals surface area contributed by atoms with Crippen LogP contribution in [0.3, 0.4) is 0 Å². The van der Waals surface area contributed by atoms with Gasteiger partial charge in [-0.25, -0.2) is 4.39 Å². The molecule has 0 saturated carbocycles. The van der Waals surface area contributed by atoms with Crippen LogP contribution in [0.1, 0.15) is 17.1 Å². The molecule has 98 valence electrons. The molecule has 0 aliphatic heterocycles. The van der Waals surface area contributed by atoms with E-state index in [9.17, 15) is 4.39 Å². The van der Waals surface area contributed by atoms with Crippen molar-refractivity contribution >= 4 is 0 Å². The first kappa shape index (κ1) is 12.0. The van der Waals surface area contributed by atoms with E-state index in [1.807, 2.05) is 6.07 Å². The summed E-state index contributed by atoms with van der Waals surface area (Å²) in [7, 11) is 0. The molecule has 0 amide bonds. The van der Waals surface area contributed by atoms with Gasteiger partial charge in [-0.3, -0.25) is 5.10 Å². The van der Waals surface area contributed by atoms with E-state index in [0.717, 1.165) is 5.56 Å². The van der Waals surface area contributed by atoms with Crippen molar-refractivity contribution in [3.05, 3.63) is 53.4 Å². The molecule has 0 bridgehead atoms. The van der Waals surface area contributed by atoms with Gasteiger partial charge in [0.1, 0.15) is 17.6 Å². The van der Waals surface area contributed by atoms with Crippen LogP contribution < -0.4 is 0 Å². The lowest BCUT2D eigenvalue weighted by atomic mass is 10.1. The van der Waals surface area contributed by atoms with Crippen LogP contribution in [0, 0.1) is 17.1 Å². The Morgan fingerprint density at radius 2 is 2.10 bits per heavy atom. The van der Waals surface area contributed by atoms with Gasteiger partial charge in [0.2, 0.25) is 0 Å². The maximum atomic E-state index is 12.8. The van der Waals surface area contributed by atoms with Crippen LogP contribution in [-0.4, -0.2) is 20.3 Å². The van der Waals surface area contributed by atoms with E-state index in [0.29, 0.717) is 17.8 Å². The average molecular weight is 269 g/mol. The minimum absolute atomic E-state index is 0.229. The fraction of sp³-hybridized carbons (Fsp3) is 0.0769. The van der Waals surface area contributed by atoms with Gasteiger partial charge in [0.25, 0.3) is 5.89 Å². The summed E-state index contributed by atoms with van der Waals surface area (Å²) in [5.74, 6) is 0.392. The Hall–Kier alpha value is -3.01. The molecule has 1 N–H and O–H groups in total. The summed E-state index contributed by atoms with van der Waals surface area (Å²) in [5.41, 5.74) is 1.60. The third kappa shape index (κ3) is 2.27. The van der Waals surface area contributed by atoms with Crippen LogP contribution in [0.5, 0.6) is 0 Å². The number of nitrogens with one attached hydrogen (secondary N) is 1. The molecule has 0 radical (unpaired) electrons. The van der Waals surface area contributed by atoms with E-state index < -0.39 is 0 Å². The standard InChI is InChI=1S/C13H8FN5O/c14-9-3-1-8(2-4-9)5-12-17-13(20-19-12)10-7-16-18-11(10)6-15/h1-4,7H,5H2,(H,16,18). The molecule has 1 aromatic carbocycles. The molecule has 0 aliphatic carbocycles. The molecule has 0 aliphatic rings. The zero-order chi connectivity index (χ0) is 13.9. The van der Waals surface area contributed by atoms with E-state index in [1.165, 1.54) is 18.3 Å². The highest BCUT2D eigenvalue weighted by Crippen LogP contribution is 2.20. The lowest BCUT2D eigenvalue weighted by Crippen LogP contribution is -1.91. The number of H-pyrrole nitrogens is 1. The van der Waals surface area contributed by atoms with Crippen LogP contribution in [-0.2, 0) is 6.42 Å². The number of aromatic nitrogens is 4. The van der Waals surface area contributed by atoms with Gasteiger partial charge in [0.15, 0.2) is 5.82 Å². The minimum atomic E-state index is -0.292. The van der Waals surface area contributed by atoms with E-state index in [2.05, 4.69) is 20.3 Å². The fourth-order valence-corrected chi connectivity index (χ4v) is 1.75. The Morgan fingerprint density at radius 3 is 2.85 bits per heavy atom. The molecule has 2 heterocycles. The number of hydrogen-bond donors (Lipinski definition) is 1. The number of nitriles is 1. The lowest BCUT2D eigenvalue weighted by molar-refractivity contribution is 0.424. The topological polar surface area (TPSA) is 91.4 Å². The van der Waals surface area contributed by atoms with Gasteiger partial charge < -0.3 is 4.52 Å². The normalized spacial score (nSPS) is 10.4. The number of benzene rings is 1. The molecule has 0 atom stereocenters. The smallest absolute Gasteiger partial charge is 0.262 e. The predicted octanol–water partition coefficient (Wildman–Crippen LogP) is 2.06. The summed E-state index contributed by atoms with van der Waals surface area (Å²) >= 11 is 0. The Balaban J connectivity index is 1.84. The SMILES string of the molecule is N#Cc1[nH]ncc1-c1nc(Cc2ccc(F)cc2)no1. The zero-order valence-electron chi connectivity index (χ0n) is 10.2. The van der Waals surface area contributed by atoms with Gasteiger partial charge in [-0.1, -0.05) is 17.3 Å². The highest BCUT2D eigenvalue weighted by molar-refractivity contribution is 5.59. The first-order chi connectivity index (χ1) is 9.76. The van der Waals surface area contributed by atoms with E-state index in [1.54, 1.807) is 12.1 Å². The monoisotopic (exact) mass is 269 g/mol. The Kier molecular flexibility index (Phi) is 2.97. The number of halogens is 1. The molecule has 20 heavy (non-hydrogen) atoms. The summed E-state index contributed by atoms with van der Waals surface area (Å²) in [6, 6.07) is 8.02. The second-order valence-corrected chi connectivity index (χ2v) is 4.09. The summed E-state index contributed by atoms with van der Waals surface area (Å²) in [4.78, 5) is 4.20. The van der Waals surface area contributed by atoms with Gasteiger partial charge in [0.05, 0.1) is 11.8 Å².